The highest BCUT2D eigenvalue weighted by Gasteiger charge is 2.19. The number of rotatable bonds is 59. The smallest absolute Gasteiger partial charge is 0.310 e. The lowest BCUT2D eigenvalue weighted by Crippen LogP contribution is -2.30. The first-order valence-electron chi connectivity index (χ1n) is 33.0. The molecule has 0 spiro atoms. The van der Waals surface area contributed by atoms with Crippen LogP contribution in [0.3, 0.4) is 0 Å². The Labute approximate surface area is 488 Å². The van der Waals surface area contributed by atoms with Gasteiger partial charge in [0.2, 0.25) is 0 Å². The number of carbonyl (C=O) groups is 3. The molecule has 450 valence electrons. The number of hydrogen-bond acceptors (Lipinski definition) is 6. The van der Waals surface area contributed by atoms with Crippen molar-refractivity contribution in [2.75, 3.05) is 13.2 Å². The predicted molar refractivity (Wildman–Crippen MR) is 343 cm³/mol. The molecule has 0 aliphatic carbocycles. The quantitative estimate of drug-likeness (QED) is 0.0261. The van der Waals surface area contributed by atoms with E-state index in [4.69, 9.17) is 14.2 Å². The standard InChI is InChI=1S/C73H122O6/c1-4-7-10-13-16-19-22-25-28-29-30-31-32-33-34-35-36-37-38-39-40-41-42-43-46-48-51-54-57-60-63-66-72(75)78-69-70(79-73(76)67-64-61-58-55-52-49-45-27-24-21-18-15-12-9-6-3)68-77-71(74)65-62-59-56-53-50-47-44-26-23-20-17-14-11-8-5-2/h9,12,17-18,20-22,25-27,29-30,32-33,44-45,52,55,61,64,70H,4-8,10-11,13-16,19,23-24,28,31,34-43,46-51,53-54,56-60,62-63,65-69H2,1-3H3/b12-9-,20-17-,21-18-,25-22-,30-29-,33-32-,44-26-,45-27-,55-52-,64-61-. The second kappa shape index (κ2) is 66.3. The number of hydrogen-bond donors (Lipinski definition) is 0. The molecule has 0 heterocycles. The van der Waals surface area contributed by atoms with Gasteiger partial charge in [-0.2, -0.15) is 0 Å². The maximum Gasteiger partial charge on any atom is 0.310 e. The van der Waals surface area contributed by atoms with E-state index in [9.17, 15) is 14.4 Å². The first kappa shape index (κ1) is 74.8. The van der Waals surface area contributed by atoms with Gasteiger partial charge >= 0.3 is 17.9 Å². The molecule has 0 aliphatic rings. The summed E-state index contributed by atoms with van der Waals surface area (Å²) in [5, 5.41) is 0. The van der Waals surface area contributed by atoms with Gasteiger partial charge in [-0.05, 0) is 116 Å². The molecular formula is C73H122O6. The van der Waals surface area contributed by atoms with Crippen LogP contribution >= 0.6 is 0 Å². The van der Waals surface area contributed by atoms with Crippen LogP contribution in [0.1, 0.15) is 303 Å². The molecule has 0 radical (unpaired) electrons. The molecule has 0 aromatic carbocycles. The van der Waals surface area contributed by atoms with Gasteiger partial charge in [-0.15, -0.1) is 0 Å². The van der Waals surface area contributed by atoms with E-state index < -0.39 is 12.1 Å². The van der Waals surface area contributed by atoms with Crippen molar-refractivity contribution in [3.63, 3.8) is 0 Å². The number of esters is 3. The zero-order valence-electron chi connectivity index (χ0n) is 51.6. The Bertz CT molecular complexity index is 1640. The van der Waals surface area contributed by atoms with Crippen LogP contribution in [0.4, 0.5) is 0 Å². The second-order valence-electron chi connectivity index (χ2n) is 21.7. The summed E-state index contributed by atoms with van der Waals surface area (Å²) in [7, 11) is 0. The van der Waals surface area contributed by atoms with Gasteiger partial charge < -0.3 is 14.2 Å². The third-order valence-electron chi connectivity index (χ3n) is 14.0. The van der Waals surface area contributed by atoms with E-state index in [0.717, 1.165) is 103 Å². The van der Waals surface area contributed by atoms with Gasteiger partial charge in [0, 0.05) is 12.8 Å². The average Bonchev–Trinajstić information content (AvgIpc) is 3.45. The Balaban J connectivity index is 4.29. The summed E-state index contributed by atoms with van der Waals surface area (Å²) in [5.74, 6) is -1.06. The molecule has 0 bridgehead atoms. The van der Waals surface area contributed by atoms with E-state index >= 15 is 0 Å². The molecule has 0 N–H and O–H groups in total. The van der Waals surface area contributed by atoms with E-state index in [0.29, 0.717) is 19.3 Å². The van der Waals surface area contributed by atoms with E-state index in [-0.39, 0.29) is 31.6 Å². The maximum atomic E-state index is 12.8. The summed E-state index contributed by atoms with van der Waals surface area (Å²) in [5.41, 5.74) is 0. The molecule has 0 amide bonds. The van der Waals surface area contributed by atoms with Gasteiger partial charge in [-0.1, -0.05) is 290 Å². The lowest BCUT2D eigenvalue weighted by Gasteiger charge is -2.18. The normalized spacial score (nSPS) is 12.9. The molecule has 0 aliphatic heterocycles. The zero-order chi connectivity index (χ0) is 57.1. The number of ether oxygens (including phenoxy) is 3. The zero-order valence-corrected chi connectivity index (χ0v) is 51.6. The fraction of sp³-hybridized carbons (Fsp3) is 0.685. The Morgan fingerprint density at radius 3 is 0.861 bits per heavy atom. The molecule has 0 saturated heterocycles. The van der Waals surface area contributed by atoms with Crippen LogP contribution in [-0.2, 0) is 28.6 Å². The minimum absolute atomic E-state index is 0.0913. The molecule has 6 heteroatoms. The van der Waals surface area contributed by atoms with Crippen LogP contribution in [0.25, 0.3) is 0 Å². The first-order chi connectivity index (χ1) is 39.0. The Hall–Kier alpha value is -4.19. The fourth-order valence-corrected chi connectivity index (χ4v) is 9.03. The lowest BCUT2D eigenvalue weighted by molar-refractivity contribution is -0.166. The highest BCUT2D eigenvalue weighted by molar-refractivity contribution is 5.72. The monoisotopic (exact) mass is 1090 g/mol. The van der Waals surface area contributed by atoms with Gasteiger partial charge in [0.05, 0.1) is 6.42 Å². The maximum absolute atomic E-state index is 12.8. The minimum atomic E-state index is -0.841. The highest BCUT2D eigenvalue weighted by atomic mass is 16.6. The van der Waals surface area contributed by atoms with Crippen molar-refractivity contribution in [3.05, 3.63) is 122 Å². The summed E-state index contributed by atoms with van der Waals surface area (Å²) in [4.78, 5) is 38.2. The van der Waals surface area contributed by atoms with Crippen molar-refractivity contribution in [1.82, 2.24) is 0 Å². The van der Waals surface area contributed by atoms with Crippen molar-refractivity contribution in [3.8, 4) is 0 Å². The molecule has 0 fully saturated rings. The van der Waals surface area contributed by atoms with Crippen molar-refractivity contribution >= 4 is 17.9 Å². The van der Waals surface area contributed by atoms with E-state index in [2.05, 4.69) is 130 Å². The molecule has 0 rings (SSSR count). The first-order valence-corrected chi connectivity index (χ1v) is 33.0. The van der Waals surface area contributed by atoms with Crippen molar-refractivity contribution in [2.24, 2.45) is 0 Å². The van der Waals surface area contributed by atoms with Crippen molar-refractivity contribution < 1.29 is 28.6 Å². The van der Waals surface area contributed by atoms with E-state index in [1.165, 1.54) is 154 Å². The van der Waals surface area contributed by atoms with E-state index in [1.54, 1.807) is 6.08 Å². The predicted octanol–water partition coefficient (Wildman–Crippen LogP) is 22.8. The van der Waals surface area contributed by atoms with Crippen LogP contribution in [0, 0.1) is 0 Å². The lowest BCUT2D eigenvalue weighted by atomic mass is 10.0. The van der Waals surface area contributed by atoms with Crippen LogP contribution in [0.15, 0.2) is 122 Å². The van der Waals surface area contributed by atoms with Crippen molar-refractivity contribution in [1.29, 1.82) is 0 Å². The van der Waals surface area contributed by atoms with Gasteiger partial charge in [0.1, 0.15) is 13.2 Å². The summed E-state index contributed by atoms with van der Waals surface area (Å²) < 4.78 is 16.8. The Kier molecular flexibility index (Phi) is 62.8. The summed E-state index contributed by atoms with van der Waals surface area (Å²) in [6.07, 6.45) is 92.5. The third-order valence-corrected chi connectivity index (χ3v) is 14.0. The molecule has 79 heavy (non-hydrogen) atoms. The average molecular weight is 1100 g/mol. The summed E-state index contributed by atoms with van der Waals surface area (Å²) in [6.45, 7) is 6.41. The molecule has 0 aromatic heterocycles. The molecule has 0 saturated carbocycles. The van der Waals surface area contributed by atoms with Crippen LogP contribution in [0.2, 0.25) is 0 Å². The molecule has 1 unspecified atom stereocenters. The Morgan fingerprint density at radius 1 is 0.278 bits per heavy atom. The van der Waals surface area contributed by atoms with E-state index in [1.807, 2.05) is 6.08 Å². The molecule has 6 nitrogen and oxygen atoms in total. The summed E-state index contributed by atoms with van der Waals surface area (Å²) in [6, 6.07) is 0. The van der Waals surface area contributed by atoms with Crippen molar-refractivity contribution in [2.45, 2.75) is 309 Å². The number of unbranched alkanes of at least 4 members (excludes halogenated alkanes) is 29. The van der Waals surface area contributed by atoms with Gasteiger partial charge in [0.15, 0.2) is 6.10 Å². The third kappa shape index (κ3) is 64.5. The van der Waals surface area contributed by atoms with Gasteiger partial charge in [0.25, 0.3) is 0 Å². The molecule has 0 aromatic rings. The number of carbonyl (C=O) groups excluding carboxylic acids is 3. The van der Waals surface area contributed by atoms with Crippen LogP contribution in [0.5, 0.6) is 0 Å². The second-order valence-corrected chi connectivity index (χ2v) is 21.7. The van der Waals surface area contributed by atoms with Gasteiger partial charge in [-0.25, -0.2) is 0 Å². The SMILES string of the molecule is CC/C=C\C/C=C\C/C=C\C/C=C\C/C=C\CC(=O)OC(COC(=O)CCCCCCC/C=C\C/C=C\CCCCC)COC(=O)CCCCCCCCCCCCCCCCCC/C=C\C/C=C\C/C=C\CCCCCCC. The van der Waals surface area contributed by atoms with Gasteiger partial charge in [-0.3, -0.25) is 14.4 Å². The summed E-state index contributed by atoms with van der Waals surface area (Å²) >= 11 is 0. The highest BCUT2D eigenvalue weighted by Crippen LogP contribution is 2.16. The number of allylic oxidation sites excluding steroid dienone is 19. The van der Waals surface area contributed by atoms with Crippen LogP contribution < -0.4 is 0 Å². The molecule has 1 atom stereocenters. The largest absolute Gasteiger partial charge is 0.462 e. The van der Waals surface area contributed by atoms with Crippen LogP contribution in [-0.4, -0.2) is 37.2 Å². The molecular weight excluding hydrogens is 973 g/mol. The Morgan fingerprint density at radius 2 is 0.532 bits per heavy atom. The minimum Gasteiger partial charge on any atom is -0.462 e. The fourth-order valence-electron chi connectivity index (χ4n) is 9.03. The topological polar surface area (TPSA) is 78.9 Å².